The zero-order chi connectivity index (χ0) is 13.2. The number of ether oxygens (including phenoxy) is 2. The van der Waals surface area contributed by atoms with Gasteiger partial charge >= 0.3 is 0 Å². The van der Waals surface area contributed by atoms with E-state index in [1.165, 1.54) is 5.56 Å². The maximum atomic E-state index is 5.74. The summed E-state index contributed by atoms with van der Waals surface area (Å²) >= 11 is 3.55. The normalized spacial score (nSPS) is 19.1. The quantitative estimate of drug-likeness (QED) is 0.909. The monoisotopic (exact) mass is 313 g/mol. The van der Waals surface area contributed by atoms with Crippen molar-refractivity contribution in [3.63, 3.8) is 0 Å². The third-order valence-electron chi connectivity index (χ3n) is 3.66. The summed E-state index contributed by atoms with van der Waals surface area (Å²) in [6.07, 6.45) is 1.07. The first-order valence-corrected chi connectivity index (χ1v) is 7.02. The summed E-state index contributed by atoms with van der Waals surface area (Å²) in [6.45, 7) is 4.49. The molecule has 18 heavy (non-hydrogen) atoms. The Morgan fingerprint density at radius 3 is 2.67 bits per heavy atom. The molecule has 1 atom stereocenters. The van der Waals surface area contributed by atoms with Gasteiger partial charge in [0.1, 0.15) is 5.75 Å². The fourth-order valence-electron chi connectivity index (χ4n) is 2.50. The topological polar surface area (TPSA) is 44.5 Å². The average Bonchev–Trinajstić information content (AvgIpc) is 2.33. The highest BCUT2D eigenvalue weighted by Gasteiger charge is 2.41. The van der Waals surface area contributed by atoms with Gasteiger partial charge < -0.3 is 15.2 Å². The minimum absolute atomic E-state index is 0.133. The summed E-state index contributed by atoms with van der Waals surface area (Å²) in [7, 11) is 1.68. The molecule has 100 valence electrons. The maximum Gasteiger partial charge on any atom is 0.133 e. The van der Waals surface area contributed by atoms with Gasteiger partial charge in [0.25, 0.3) is 0 Å². The molecule has 1 aliphatic rings. The first-order chi connectivity index (χ1) is 8.61. The Balaban J connectivity index is 2.24. The Morgan fingerprint density at radius 1 is 1.50 bits per heavy atom. The molecule has 0 aliphatic carbocycles. The lowest BCUT2D eigenvalue weighted by atomic mass is 9.72. The van der Waals surface area contributed by atoms with Crippen LogP contribution in [0.1, 0.15) is 18.9 Å². The van der Waals surface area contributed by atoms with Crippen LogP contribution in [0.3, 0.4) is 0 Å². The molecule has 0 aromatic heterocycles. The second-order valence-electron chi connectivity index (χ2n) is 5.17. The van der Waals surface area contributed by atoms with Gasteiger partial charge in [-0.15, -0.1) is 0 Å². The van der Waals surface area contributed by atoms with E-state index in [-0.39, 0.29) is 5.41 Å². The fraction of sp³-hybridized carbons (Fsp3) is 0.571. The molecule has 1 fully saturated rings. The second-order valence-corrected chi connectivity index (χ2v) is 6.02. The summed E-state index contributed by atoms with van der Waals surface area (Å²) in [5.41, 5.74) is 7.18. The molecule has 1 aliphatic heterocycles. The SMILES string of the molecule is COc1ccc(C2(CC(C)CN)COC2)cc1Br. The molecule has 0 radical (unpaired) electrons. The smallest absolute Gasteiger partial charge is 0.133 e. The lowest BCUT2D eigenvalue weighted by molar-refractivity contribution is -0.0702. The van der Waals surface area contributed by atoms with E-state index in [4.69, 9.17) is 15.2 Å². The first-order valence-electron chi connectivity index (χ1n) is 6.23. The van der Waals surface area contributed by atoms with Crippen molar-refractivity contribution in [1.82, 2.24) is 0 Å². The average molecular weight is 314 g/mol. The highest BCUT2D eigenvalue weighted by atomic mass is 79.9. The van der Waals surface area contributed by atoms with Crippen LogP contribution in [0.4, 0.5) is 0 Å². The second kappa shape index (κ2) is 5.59. The van der Waals surface area contributed by atoms with Crippen LogP contribution in [0.5, 0.6) is 5.75 Å². The predicted octanol–water partition coefficient (Wildman–Crippen LogP) is 2.71. The van der Waals surface area contributed by atoms with Gasteiger partial charge in [-0.1, -0.05) is 13.0 Å². The van der Waals surface area contributed by atoms with Gasteiger partial charge in [-0.25, -0.2) is 0 Å². The van der Waals surface area contributed by atoms with Crippen LogP contribution in [0, 0.1) is 5.92 Å². The zero-order valence-corrected chi connectivity index (χ0v) is 12.5. The largest absolute Gasteiger partial charge is 0.496 e. The van der Waals surface area contributed by atoms with E-state index in [9.17, 15) is 0 Å². The van der Waals surface area contributed by atoms with E-state index in [1.807, 2.05) is 6.07 Å². The van der Waals surface area contributed by atoms with Gasteiger partial charge in [0.15, 0.2) is 0 Å². The summed E-state index contributed by atoms with van der Waals surface area (Å²) in [5, 5.41) is 0. The van der Waals surface area contributed by atoms with Gasteiger partial charge in [-0.2, -0.15) is 0 Å². The molecule has 2 rings (SSSR count). The molecule has 0 amide bonds. The van der Waals surface area contributed by atoms with Crippen LogP contribution in [0.2, 0.25) is 0 Å². The molecule has 0 saturated carbocycles. The fourth-order valence-corrected chi connectivity index (χ4v) is 3.04. The number of rotatable bonds is 5. The number of nitrogens with two attached hydrogens (primary N) is 1. The minimum atomic E-state index is 0.133. The first kappa shape index (κ1) is 13.8. The lowest BCUT2D eigenvalue weighted by Gasteiger charge is -2.43. The van der Waals surface area contributed by atoms with Crippen molar-refractivity contribution in [3.8, 4) is 5.75 Å². The van der Waals surface area contributed by atoms with E-state index < -0.39 is 0 Å². The summed E-state index contributed by atoms with van der Waals surface area (Å²) < 4.78 is 11.7. The molecule has 1 saturated heterocycles. The number of benzene rings is 1. The van der Waals surface area contributed by atoms with Crippen LogP contribution in [0.25, 0.3) is 0 Å². The van der Waals surface area contributed by atoms with E-state index in [2.05, 4.69) is 35.0 Å². The maximum absolute atomic E-state index is 5.74. The molecule has 3 nitrogen and oxygen atoms in total. The van der Waals surface area contributed by atoms with Crippen molar-refractivity contribution in [1.29, 1.82) is 0 Å². The molecule has 1 heterocycles. The molecule has 1 unspecified atom stereocenters. The lowest BCUT2D eigenvalue weighted by Crippen LogP contribution is -2.48. The zero-order valence-electron chi connectivity index (χ0n) is 10.9. The number of hydrogen-bond acceptors (Lipinski definition) is 3. The Labute approximate surface area is 117 Å². The third kappa shape index (κ3) is 2.56. The third-order valence-corrected chi connectivity index (χ3v) is 4.28. The van der Waals surface area contributed by atoms with Crippen molar-refractivity contribution in [3.05, 3.63) is 28.2 Å². The molecular weight excluding hydrogens is 294 g/mol. The van der Waals surface area contributed by atoms with Crippen molar-refractivity contribution in [2.24, 2.45) is 11.7 Å². The predicted molar refractivity (Wildman–Crippen MR) is 76.0 cm³/mol. The van der Waals surface area contributed by atoms with Crippen LogP contribution in [-0.4, -0.2) is 26.9 Å². The van der Waals surface area contributed by atoms with E-state index in [0.29, 0.717) is 5.92 Å². The van der Waals surface area contributed by atoms with Crippen LogP contribution in [0.15, 0.2) is 22.7 Å². The Bertz CT molecular complexity index is 418. The van der Waals surface area contributed by atoms with Crippen LogP contribution in [-0.2, 0) is 10.2 Å². The van der Waals surface area contributed by atoms with E-state index in [0.717, 1.165) is 36.4 Å². The standard InChI is InChI=1S/C14H20BrNO2/c1-10(7-16)6-14(8-18-9-14)11-3-4-13(17-2)12(15)5-11/h3-5,10H,6-9,16H2,1-2H3. The highest BCUT2D eigenvalue weighted by molar-refractivity contribution is 9.10. The van der Waals surface area contributed by atoms with Crippen LogP contribution >= 0.6 is 15.9 Å². The minimum Gasteiger partial charge on any atom is -0.496 e. The molecular formula is C14H20BrNO2. The number of halogens is 1. The van der Waals surface area contributed by atoms with E-state index >= 15 is 0 Å². The van der Waals surface area contributed by atoms with Crippen molar-refractivity contribution in [2.75, 3.05) is 26.9 Å². The van der Waals surface area contributed by atoms with Gasteiger partial charge in [-0.3, -0.25) is 0 Å². The molecule has 1 aromatic rings. The van der Waals surface area contributed by atoms with Gasteiger partial charge in [0.05, 0.1) is 24.8 Å². The summed E-state index contributed by atoms with van der Waals surface area (Å²) in [5.74, 6) is 1.37. The molecule has 1 aromatic carbocycles. The van der Waals surface area contributed by atoms with Crippen molar-refractivity contribution >= 4 is 15.9 Å². The molecule has 0 spiro atoms. The number of hydrogen-bond donors (Lipinski definition) is 1. The highest BCUT2D eigenvalue weighted by Crippen LogP contribution is 2.40. The van der Waals surface area contributed by atoms with Gasteiger partial charge in [0.2, 0.25) is 0 Å². The van der Waals surface area contributed by atoms with Crippen LogP contribution < -0.4 is 10.5 Å². The summed E-state index contributed by atoms with van der Waals surface area (Å²) in [4.78, 5) is 0. The number of methoxy groups -OCH3 is 1. The Morgan fingerprint density at radius 2 is 2.22 bits per heavy atom. The Kier molecular flexibility index (Phi) is 4.30. The van der Waals surface area contributed by atoms with Crippen molar-refractivity contribution in [2.45, 2.75) is 18.8 Å². The van der Waals surface area contributed by atoms with Crippen molar-refractivity contribution < 1.29 is 9.47 Å². The molecule has 4 heteroatoms. The van der Waals surface area contributed by atoms with Gasteiger partial charge in [-0.05, 0) is 52.5 Å². The van der Waals surface area contributed by atoms with Gasteiger partial charge in [0, 0.05) is 5.41 Å². The van der Waals surface area contributed by atoms with E-state index in [1.54, 1.807) is 7.11 Å². The summed E-state index contributed by atoms with van der Waals surface area (Å²) in [6, 6.07) is 6.28. The molecule has 2 N–H and O–H groups in total. The Hall–Kier alpha value is -0.580. The molecule has 0 bridgehead atoms.